The normalized spacial score (nSPS) is 25.3. The molecule has 5 aliphatic carbocycles. The van der Waals surface area contributed by atoms with Gasteiger partial charge < -0.3 is 4.74 Å². The summed E-state index contributed by atoms with van der Waals surface area (Å²) < 4.78 is 6.64. The van der Waals surface area contributed by atoms with Crippen LogP contribution in [-0.4, -0.2) is 5.71 Å². The van der Waals surface area contributed by atoms with Crippen molar-refractivity contribution >= 4 is 17.4 Å². The molecular formula is C59H49NO. The van der Waals surface area contributed by atoms with Gasteiger partial charge in [-0.1, -0.05) is 190 Å². The summed E-state index contributed by atoms with van der Waals surface area (Å²) in [4.78, 5) is 5.65. The van der Waals surface area contributed by atoms with Gasteiger partial charge in [0.2, 0.25) is 0 Å². The summed E-state index contributed by atoms with van der Waals surface area (Å²) in [6.07, 6.45) is 43.1. The van der Waals surface area contributed by atoms with E-state index in [1.807, 2.05) is 0 Å². The molecule has 0 amide bonds. The third-order valence-electron chi connectivity index (χ3n) is 14.0. The van der Waals surface area contributed by atoms with Crippen LogP contribution in [0.4, 0.5) is 0 Å². The second-order valence-electron chi connectivity index (χ2n) is 17.5. The SMILES string of the molecule is C=C1C=C(C2=CCCC=C2)C=C(C2=CC3CC=c4ccccc4=C3C=C2)N=C1C1C=CC=CC1c1ccc(C2(C3(C)C=CC=CC3)c3ccccc3Oc3ccccc32)cc1. The lowest BCUT2D eigenvalue weighted by Crippen LogP contribution is -2.46. The molecule has 11 rings (SSSR count). The summed E-state index contributed by atoms with van der Waals surface area (Å²) in [5.41, 5.74) is 12.1. The Hall–Kier alpha value is -6.77. The highest BCUT2D eigenvalue weighted by atomic mass is 16.5. The first-order valence-corrected chi connectivity index (χ1v) is 21.9. The number of ether oxygens (including phenoxy) is 1. The Balaban J connectivity index is 1.01. The van der Waals surface area contributed by atoms with Crippen molar-refractivity contribution in [3.63, 3.8) is 0 Å². The Kier molecular flexibility index (Phi) is 9.19. The monoisotopic (exact) mass is 787 g/mol. The zero-order chi connectivity index (χ0) is 41.0. The Labute approximate surface area is 359 Å². The van der Waals surface area contributed by atoms with E-state index in [9.17, 15) is 0 Å². The van der Waals surface area contributed by atoms with Gasteiger partial charge in [-0.3, -0.25) is 4.99 Å². The predicted molar refractivity (Wildman–Crippen MR) is 253 cm³/mol. The lowest BCUT2D eigenvalue weighted by molar-refractivity contribution is 0.261. The van der Waals surface area contributed by atoms with Crippen LogP contribution >= 0.6 is 0 Å². The quantitative estimate of drug-likeness (QED) is 0.191. The van der Waals surface area contributed by atoms with Crippen molar-refractivity contribution in [1.82, 2.24) is 0 Å². The number of benzene rings is 4. The summed E-state index contributed by atoms with van der Waals surface area (Å²) >= 11 is 0. The topological polar surface area (TPSA) is 21.6 Å². The molecule has 0 aromatic heterocycles. The van der Waals surface area contributed by atoms with E-state index in [0.29, 0.717) is 5.92 Å². The van der Waals surface area contributed by atoms with E-state index in [2.05, 4.69) is 207 Å². The van der Waals surface area contributed by atoms with Gasteiger partial charge in [0, 0.05) is 34.3 Å². The highest BCUT2D eigenvalue weighted by molar-refractivity contribution is 6.07. The molecule has 4 unspecified atom stereocenters. The van der Waals surface area contributed by atoms with Gasteiger partial charge in [0.15, 0.2) is 0 Å². The third kappa shape index (κ3) is 6.19. The molecule has 2 heteroatoms. The van der Waals surface area contributed by atoms with Crippen LogP contribution in [0, 0.1) is 17.3 Å². The molecule has 0 bridgehead atoms. The molecule has 0 fully saturated rings. The van der Waals surface area contributed by atoms with E-state index in [1.54, 1.807) is 0 Å². The Morgan fingerprint density at radius 3 is 2.18 bits per heavy atom. The van der Waals surface area contributed by atoms with Gasteiger partial charge in [0.05, 0.1) is 16.8 Å². The molecule has 4 aromatic rings. The van der Waals surface area contributed by atoms with Crippen LogP contribution in [0.25, 0.3) is 11.6 Å². The molecule has 0 N–H and O–H groups in total. The number of allylic oxidation sites excluding steroid dienone is 19. The molecule has 0 spiro atoms. The van der Waals surface area contributed by atoms with Crippen molar-refractivity contribution in [1.29, 1.82) is 0 Å². The lowest BCUT2D eigenvalue weighted by atomic mass is 9.51. The van der Waals surface area contributed by atoms with Crippen molar-refractivity contribution in [2.45, 2.75) is 43.9 Å². The maximum atomic E-state index is 6.64. The van der Waals surface area contributed by atoms with Gasteiger partial charge >= 0.3 is 0 Å². The van der Waals surface area contributed by atoms with Crippen molar-refractivity contribution in [3.8, 4) is 11.5 Å². The number of rotatable bonds is 6. The Morgan fingerprint density at radius 2 is 1.43 bits per heavy atom. The number of para-hydroxylation sites is 2. The van der Waals surface area contributed by atoms with E-state index in [-0.39, 0.29) is 17.3 Å². The molecule has 0 radical (unpaired) electrons. The van der Waals surface area contributed by atoms with Crippen LogP contribution in [0.5, 0.6) is 11.5 Å². The molecule has 61 heavy (non-hydrogen) atoms. The van der Waals surface area contributed by atoms with Crippen LogP contribution in [0.3, 0.4) is 0 Å². The second-order valence-corrected chi connectivity index (χ2v) is 17.5. The molecule has 4 atom stereocenters. The summed E-state index contributed by atoms with van der Waals surface area (Å²) in [7, 11) is 0. The van der Waals surface area contributed by atoms with Crippen molar-refractivity contribution < 1.29 is 4.74 Å². The van der Waals surface area contributed by atoms with Gasteiger partial charge in [-0.25, -0.2) is 0 Å². The number of fused-ring (bicyclic) bond motifs is 4. The number of hydrogen-bond donors (Lipinski definition) is 0. The van der Waals surface area contributed by atoms with Gasteiger partial charge in [0.25, 0.3) is 0 Å². The van der Waals surface area contributed by atoms with Crippen LogP contribution in [-0.2, 0) is 5.41 Å². The Bertz CT molecular complexity index is 2940. The van der Waals surface area contributed by atoms with Crippen LogP contribution in [0.2, 0.25) is 0 Å². The fraction of sp³-hybridized carbons (Fsp3) is 0.169. The molecule has 296 valence electrons. The number of hydrogen-bond acceptors (Lipinski definition) is 2. The average Bonchev–Trinajstić information content (AvgIpc) is 3.49. The minimum absolute atomic E-state index is 0.00848. The first-order valence-electron chi connectivity index (χ1n) is 21.9. The first-order chi connectivity index (χ1) is 30.0. The van der Waals surface area contributed by atoms with Crippen molar-refractivity contribution in [3.05, 3.63) is 262 Å². The molecule has 2 aliphatic heterocycles. The average molecular weight is 788 g/mol. The van der Waals surface area contributed by atoms with Crippen molar-refractivity contribution in [2.75, 3.05) is 0 Å². The van der Waals surface area contributed by atoms with E-state index in [4.69, 9.17) is 16.3 Å². The summed E-state index contributed by atoms with van der Waals surface area (Å²) in [5.74, 6) is 2.20. The van der Waals surface area contributed by atoms with E-state index in [1.165, 1.54) is 49.4 Å². The smallest absolute Gasteiger partial charge is 0.131 e. The van der Waals surface area contributed by atoms with Crippen LogP contribution in [0.15, 0.2) is 234 Å². The Morgan fingerprint density at radius 1 is 0.672 bits per heavy atom. The minimum atomic E-state index is -0.487. The van der Waals surface area contributed by atoms with Gasteiger partial charge in [-0.05, 0) is 99.4 Å². The first kappa shape index (κ1) is 37.2. The lowest BCUT2D eigenvalue weighted by Gasteiger charge is -2.52. The van der Waals surface area contributed by atoms with E-state index >= 15 is 0 Å². The summed E-state index contributed by atoms with van der Waals surface area (Å²) in [6, 6.07) is 35.5. The standard InChI is InChI=1S/C59H49NO/c1-40-37-46(41-17-5-3-6-18-41)39-54(45-31-34-50-44(38-45)28-27-42-19-7-8-20-48(42)50)60-57(40)51-22-10-9-21-49(51)43-29-32-47(33-30-43)59(58(2)35-15-4-16-36-58)52-23-11-13-25-55(52)61-56-26-14-12-24-53(56)59/h4-5,7-27,29-35,37-39,44,49,51H,1,3,6,28,36H2,2H3. The molecule has 0 saturated heterocycles. The maximum Gasteiger partial charge on any atom is 0.131 e. The number of aliphatic imine (C=N–C) groups is 1. The highest BCUT2D eigenvalue weighted by Crippen LogP contribution is 2.62. The molecule has 2 heterocycles. The van der Waals surface area contributed by atoms with Gasteiger partial charge in [0.1, 0.15) is 11.5 Å². The van der Waals surface area contributed by atoms with Crippen molar-refractivity contribution in [2.24, 2.45) is 22.2 Å². The van der Waals surface area contributed by atoms with E-state index < -0.39 is 5.41 Å². The molecule has 2 nitrogen and oxygen atoms in total. The highest BCUT2D eigenvalue weighted by Gasteiger charge is 2.54. The molecule has 4 aromatic carbocycles. The minimum Gasteiger partial charge on any atom is -0.457 e. The molecular weight excluding hydrogens is 739 g/mol. The van der Waals surface area contributed by atoms with Gasteiger partial charge in [-0.2, -0.15) is 0 Å². The zero-order valence-electron chi connectivity index (χ0n) is 34.7. The summed E-state index contributed by atoms with van der Waals surface area (Å²) in [5, 5.41) is 2.66. The maximum absolute atomic E-state index is 6.64. The third-order valence-corrected chi connectivity index (χ3v) is 14.0. The molecule has 7 aliphatic rings. The van der Waals surface area contributed by atoms with Crippen LogP contribution in [0.1, 0.15) is 60.8 Å². The zero-order valence-corrected chi connectivity index (χ0v) is 34.7. The van der Waals surface area contributed by atoms with Crippen LogP contribution < -0.4 is 15.2 Å². The number of nitrogens with zero attached hydrogens (tertiary/aromatic N) is 1. The van der Waals surface area contributed by atoms with Gasteiger partial charge in [-0.15, -0.1) is 0 Å². The largest absolute Gasteiger partial charge is 0.457 e. The van der Waals surface area contributed by atoms with E-state index in [0.717, 1.165) is 59.7 Å². The molecule has 0 saturated carbocycles. The fourth-order valence-electron chi connectivity index (χ4n) is 11.0. The fourth-order valence-corrected chi connectivity index (χ4v) is 11.0. The summed E-state index contributed by atoms with van der Waals surface area (Å²) in [6.45, 7) is 7.15. The second kappa shape index (κ2) is 15.0. The predicted octanol–water partition coefficient (Wildman–Crippen LogP) is 12.7.